The van der Waals surface area contributed by atoms with Crippen LogP contribution in [0.25, 0.3) is 10.9 Å². The van der Waals surface area contributed by atoms with E-state index in [0.29, 0.717) is 23.3 Å². The third-order valence-electron chi connectivity index (χ3n) is 5.33. The van der Waals surface area contributed by atoms with Crippen LogP contribution in [-0.4, -0.2) is 15.9 Å². The molecule has 1 aromatic heterocycles. The minimum Gasteiger partial charge on any atom is -0.487 e. The molecule has 1 heterocycles. The molecule has 0 spiro atoms. The Morgan fingerprint density at radius 2 is 1.71 bits per heavy atom. The average Bonchev–Trinajstić information content (AvgIpc) is 2.78. The molecule has 35 heavy (non-hydrogen) atoms. The Bertz CT molecular complexity index is 1470. The first-order valence-electron chi connectivity index (χ1n) is 11.0. The molecule has 0 radical (unpaired) electrons. The van der Waals surface area contributed by atoms with E-state index < -0.39 is 0 Å². The molecule has 3 aromatic carbocycles. The molecule has 0 amide bonds. The van der Waals surface area contributed by atoms with Gasteiger partial charge in [-0.3, -0.25) is 4.79 Å². The van der Waals surface area contributed by atoms with Gasteiger partial charge in [-0.15, -0.1) is 0 Å². The van der Waals surface area contributed by atoms with Crippen molar-refractivity contribution in [2.45, 2.75) is 39.7 Å². The van der Waals surface area contributed by atoms with Crippen molar-refractivity contribution in [3.8, 4) is 5.75 Å². The first kappa shape index (κ1) is 26.3. The minimum atomic E-state index is -0.367. The molecule has 0 bridgehead atoms. The van der Waals surface area contributed by atoms with Crippen LogP contribution in [0.2, 0.25) is 0 Å². The van der Waals surface area contributed by atoms with Gasteiger partial charge in [0.25, 0.3) is 5.56 Å². The predicted molar refractivity (Wildman–Crippen MR) is 163 cm³/mol. The van der Waals surface area contributed by atoms with Gasteiger partial charge in [-0.1, -0.05) is 66.5 Å². The van der Waals surface area contributed by atoms with Crippen LogP contribution >= 0.6 is 61.1 Å². The van der Waals surface area contributed by atoms with Gasteiger partial charge in [-0.25, -0.2) is 4.98 Å². The highest BCUT2D eigenvalue weighted by Gasteiger charge is 2.23. The fourth-order valence-corrected chi connectivity index (χ4v) is 5.99. The number of aromatic nitrogens is 2. The normalized spacial score (nSPS) is 12.0. The molecule has 4 rings (SSSR count). The third-order valence-corrected chi connectivity index (χ3v) is 7.42. The Balaban J connectivity index is 1.68. The summed E-state index contributed by atoms with van der Waals surface area (Å²) >= 11 is 8.01. The lowest BCUT2D eigenvalue weighted by atomic mass is 9.95. The summed E-state index contributed by atoms with van der Waals surface area (Å²) in [4.78, 5) is 18.1. The van der Waals surface area contributed by atoms with Gasteiger partial charge >= 0.3 is 0 Å². The second-order valence-electron chi connectivity index (χ2n) is 9.30. The molecule has 0 unspecified atom stereocenters. The molecule has 0 fully saturated rings. The number of hydrogen-bond donors (Lipinski definition) is 0. The number of ether oxygens (including phenoxy) is 1. The van der Waals surface area contributed by atoms with Crippen LogP contribution in [0.3, 0.4) is 0 Å². The van der Waals surface area contributed by atoms with Gasteiger partial charge in [0.2, 0.25) is 0 Å². The highest BCUT2D eigenvalue weighted by Crippen LogP contribution is 2.29. The Kier molecular flexibility index (Phi) is 8.02. The van der Waals surface area contributed by atoms with E-state index in [4.69, 9.17) is 9.72 Å². The van der Waals surface area contributed by atoms with E-state index in [9.17, 15) is 4.79 Å². The van der Waals surface area contributed by atoms with E-state index in [2.05, 4.69) is 97.4 Å². The molecule has 0 N–H and O–H groups in total. The molecule has 0 atom stereocenters. The van der Waals surface area contributed by atoms with Crippen LogP contribution in [0.15, 0.2) is 69.0 Å². The fraction of sp³-hybridized carbons (Fsp3) is 0.222. The van der Waals surface area contributed by atoms with E-state index in [1.54, 1.807) is 12.3 Å². The van der Waals surface area contributed by atoms with Crippen molar-refractivity contribution in [3.63, 3.8) is 0 Å². The topological polar surface area (TPSA) is 56.5 Å². The van der Waals surface area contributed by atoms with Crippen LogP contribution in [-0.2, 0) is 12.0 Å². The van der Waals surface area contributed by atoms with Crippen LogP contribution in [0.5, 0.6) is 5.75 Å². The standard InChI is InChI=1S/C27H24BrI2N3O2/c1-16-5-7-17(8-6-16)15-35-24-21(29)11-18(12-22(24)30)14-31-33-25(34)20-13-19(28)9-10-23(20)32-26(33)27(2,3)4/h5-14H,15H2,1-4H3. The second kappa shape index (κ2) is 10.7. The molecular formula is C27H24BrI2N3O2. The monoisotopic (exact) mass is 755 g/mol. The van der Waals surface area contributed by atoms with Gasteiger partial charge < -0.3 is 4.74 Å². The molecule has 0 aliphatic rings. The summed E-state index contributed by atoms with van der Waals surface area (Å²) < 4.78 is 10.3. The van der Waals surface area contributed by atoms with Gasteiger partial charge in [-0.2, -0.15) is 9.78 Å². The van der Waals surface area contributed by atoms with Gasteiger partial charge in [0, 0.05) is 9.89 Å². The molecule has 0 aliphatic heterocycles. The number of aryl methyl sites for hydroxylation is 1. The highest BCUT2D eigenvalue weighted by atomic mass is 127. The van der Waals surface area contributed by atoms with Crippen molar-refractivity contribution >= 4 is 78.2 Å². The summed E-state index contributed by atoms with van der Waals surface area (Å²) in [5, 5.41) is 5.11. The van der Waals surface area contributed by atoms with E-state index in [0.717, 1.165) is 28.5 Å². The quantitative estimate of drug-likeness (QED) is 0.157. The number of halogens is 3. The van der Waals surface area contributed by atoms with Crippen molar-refractivity contribution in [2.75, 3.05) is 0 Å². The summed E-state index contributed by atoms with van der Waals surface area (Å²) in [6.45, 7) is 8.65. The van der Waals surface area contributed by atoms with E-state index in [-0.39, 0.29) is 11.0 Å². The van der Waals surface area contributed by atoms with E-state index >= 15 is 0 Å². The minimum absolute atomic E-state index is 0.195. The zero-order valence-corrected chi connectivity index (χ0v) is 25.7. The van der Waals surface area contributed by atoms with Crippen molar-refractivity contribution < 1.29 is 4.74 Å². The lowest BCUT2D eigenvalue weighted by Gasteiger charge is -2.21. The summed E-state index contributed by atoms with van der Waals surface area (Å²) in [5.74, 6) is 1.45. The summed E-state index contributed by atoms with van der Waals surface area (Å²) in [6, 6.07) is 17.9. The molecule has 0 saturated heterocycles. The van der Waals surface area contributed by atoms with Crippen LogP contribution in [0.1, 0.15) is 43.3 Å². The smallest absolute Gasteiger partial charge is 0.282 e. The van der Waals surface area contributed by atoms with E-state index in [1.165, 1.54) is 10.2 Å². The summed E-state index contributed by atoms with van der Waals surface area (Å²) in [5.41, 5.74) is 3.33. The number of nitrogens with zero attached hydrogens (tertiary/aromatic N) is 3. The zero-order chi connectivity index (χ0) is 25.3. The Morgan fingerprint density at radius 1 is 1.06 bits per heavy atom. The van der Waals surface area contributed by atoms with Gasteiger partial charge in [0.05, 0.1) is 24.3 Å². The number of rotatable bonds is 5. The predicted octanol–water partition coefficient (Wildman–Crippen LogP) is 7.44. The maximum Gasteiger partial charge on any atom is 0.282 e. The number of hydrogen-bond acceptors (Lipinski definition) is 4. The lowest BCUT2D eigenvalue weighted by molar-refractivity contribution is 0.301. The first-order valence-corrected chi connectivity index (χ1v) is 13.9. The van der Waals surface area contributed by atoms with Crippen molar-refractivity contribution in [1.82, 2.24) is 9.66 Å². The summed E-state index contributed by atoms with van der Waals surface area (Å²) in [7, 11) is 0. The molecule has 180 valence electrons. The SMILES string of the molecule is Cc1ccc(COc2c(I)cc(C=Nn3c(C(C)(C)C)nc4ccc(Br)cc4c3=O)cc2I)cc1. The molecule has 5 nitrogen and oxygen atoms in total. The van der Waals surface area contributed by atoms with Gasteiger partial charge in [-0.05, 0) is 93.6 Å². The molecule has 0 aliphatic carbocycles. The maximum atomic E-state index is 13.4. The fourth-order valence-electron chi connectivity index (χ4n) is 3.50. The Hall–Kier alpha value is -1.79. The van der Waals surface area contributed by atoms with Gasteiger partial charge in [0.1, 0.15) is 18.2 Å². The van der Waals surface area contributed by atoms with E-state index in [1.807, 2.05) is 45.0 Å². The van der Waals surface area contributed by atoms with Crippen molar-refractivity contribution in [1.29, 1.82) is 0 Å². The first-order chi connectivity index (χ1) is 16.5. The highest BCUT2D eigenvalue weighted by molar-refractivity contribution is 14.1. The summed E-state index contributed by atoms with van der Waals surface area (Å²) in [6.07, 6.45) is 1.70. The Morgan fingerprint density at radius 3 is 2.34 bits per heavy atom. The zero-order valence-electron chi connectivity index (χ0n) is 19.8. The van der Waals surface area contributed by atoms with Crippen LogP contribution < -0.4 is 10.3 Å². The average molecular weight is 756 g/mol. The lowest BCUT2D eigenvalue weighted by Crippen LogP contribution is -2.29. The number of fused-ring (bicyclic) bond motifs is 1. The van der Waals surface area contributed by atoms with Crippen molar-refractivity contribution in [2.24, 2.45) is 5.10 Å². The Labute approximate surface area is 240 Å². The van der Waals surface area contributed by atoms with Crippen LogP contribution in [0, 0.1) is 14.1 Å². The maximum absolute atomic E-state index is 13.4. The van der Waals surface area contributed by atoms with Gasteiger partial charge in [0.15, 0.2) is 0 Å². The third kappa shape index (κ3) is 6.14. The molecular weight excluding hydrogens is 732 g/mol. The largest absolute Gasteiger partial charge is 0.487 e. The van der Waals surface area contributed by atoms with Crippen molar-refractivity contribution in [3.05, 3.63) is 99.1 Å². The molecule has 0 saturated carbocycles. The molecule has 8 heteroatoms. The second-order valence-corrected chi connectivity index (χ2v) is 12.5. The number of benzene rings is 3. The van der Waals surface area contributed by atoms with Crippen LogP contribution in [0.4, 0.5) is 0 Å². The molecule has 4 aromatic rings.